The smallest absolute Gasteiger partial charge is 0.0388 e. The van der Waals surface area contributed by atoms with E-state index in [2.05, 4.69) is 32.0 Å². The van der Waals surface area contributed by atoms with Crippen LogP contribution in [-0.4, -0.2) is 12.8 Å². The SMILES string of the molecule is CC1CC/N=C\C2(C)CC2C1C. The molecule has 4 unspecified atom stereocenters. The van der Waals surface area contributed by atoms with Gasteiger partial charge in [-0.2, -0.15) is 0 Å². The lowest BCUT2D eigenvalue weighted by Crippen LogP contribution is -2.18. The molecule has 4 atom stereocenters. The summed E-state index contributed by atoms with van der Waals surface area (Å²) in [5.41, 5.74) is 0.480. The van der Waals surface area contributed by atoms with Gasteiger partial charge in [0.15, 0.2) is 0 Å². The second-order valence-electron chi connectivity index (χ2n) is 4.98. The topological polar surface area (TPSA) is 12.4 Å². The van der Waals surface area contributed by atoms with Crippen molar-refractivity contribution >= 4 is 6.21 Å². The van der Waals surface area contributed by atoms with Crippen LogP contribution in [0.2, 0.25) is 0 Å². The van der Waals surface area contributed by atoms with Crippen molar-refractivity contribution in [3.05, 3.63) is 0 Å². The second-order valence-corrected chi connectivity index (χ2v) is 4.98. The van der Waals surface area contributed by atoms with Crippen LogP contribution in [0.15, 0.2) is 4.99 Å². The monoisotopic (exact) mass is 165 g/mol. The van der Waals surface area contributed by atoms with Gasteiger partial charge in [0, 0.05) is 18.2 Å². The summed E-state index contributed by atoms with van der Waals surface area (Å²) < 4.78 is 0. The van der Waals surface area contributed by atoms with E-state index >= 15 is 0 Å². The number of nitrogens with zero attached hydrogens (tertiary/aromatic N) is 1. The van der Waals surface area contributed by atoms with Gasteiger partial charge in [0.1, 0.15) is 0 Å². The van der Waals surface area contributed by atoms with E-state index in [1.54, 1.807) is 0 Å². The molecule has 12 heavy (non-hydrogen) atoms. The molecule has 0 N–H and O–H groups in total. The number of aliphatic imine (C=N–C) groups is 1. The van der Waals surface area contributed by atoms with Crippen molar-refractivity contribution in [2.75, 3.05) is 6.54 Å². The highest BCUT2D eigenvalue weighted by molar-refractivity contribution is 5.70. The maximum atomic E-state index is 4.49. The minimum Gasteiger partial charge on any atom is -0.297 e. The van der Waals surface area contributed by atoms with Crippen molar-refractivity contribution in [3.8, 4) is 0 Å². The molecular formula is C11H19N. The Labute approximate surface area is 75.3 Å². The first kappa shape index (κ1) is 8.28. The summed E-state index contributed by atoms with van der Waals surface area (Å²) in [6.07, 6.45) is 4.88. The molecule has 68 valence electrons. The Balaban J connectivity index is 2.14. The van der Waals surface area contributed by atoms with Gasteiger partial charge in [-0.15, -0.1) is 0 Å². The Kier molecular flexibility index (Phi) is 1.78. The minimum atomic E-state index is 0.480. The molecule has 1 nitrogen and oxygen atoms in total. The molecule has 0 aromatic heterocycles. The van der Waals surface area contributed by atoms with E-state index in [9.17, 15) is 0 Å². The lowest BCUT2D eigenvalue weighted by Gasteiger charge is -2.22. The highest BCUT2D eigenvalue weighted by Crippen LogP contribution is 2.57. The van der Waals surface area contributed by atoms with Crippen LogP contribution < -0.4 is 0 Å². The molecule has 0 radical (unpaired) electrons. The largest absolute Gasteiger partial charge is 0.297 e. The first-order valence-corrected chi connectivity index (χ1v) is 5.14. The summed E-state index contributed by atoms with van der Waals surface area (Å²) in [5, 5.41) is 0. The Morgan fingerprint density at radius 3 is 2.92 bits per heavy atom. The average Bonchev–Trinajstić information content (AvgIpc) is 2.69. The predicted molar refractivity (Wildman–Crippen MR) is 52.5 cm³/mol. The molecule has 0 spiro atoms. The van der Waals surface area contributed by atoms with Crippen LogP contribution in [0.3, 0.4) is 0 Å². The van der Waals surface area contributed by atoms with E-state index < -0.39 is 0 Å². The van der Waals surface area contributed by atoms with E-state index in [1.165, 1.54) is 12.8 Å². The number of hydrogen-bond donors (Lipinski definition) is 0. The van der Waals surface area contributed by atoms with Gasteiger partial charge >= 0.3 is 0 Å². The molecule has 1 aliphatic heterocycles. The maximum absolute atomic E-state index is 4.49. The standard InChI is InChI=1S/C11H19N/c1-8-4-5-12-7-11(3)6-10(11)9(8)2/h7-10H,4-6H2,1-3H3/b12-7-. The Morgan fingerprint density at radius 1 is 1.42 bits per heavy atom. The molecule has 0 amide bonds. The molecule has 1 aliphatic carbocycles. The van der Waals surface area contributed by atoms with Gasteiger partial charge in [0.25, 0.3) is 0 Å². The summed E-state index contributed by atoms with van der Waals surface area (Å²) in [4.78, 5) is 4.49. The summed E-state index contributed by atoms with van der Waals surface area (Å²) in [5.74, 6) is 2.70. The number of fused-ring (bicyclic) bond motifs is 1. The molecule has 0 saturated heterocycles. The van der Waals surface area contributed by atoms with Crippen LogP contribution >= 0.6 is 0 Å². The van der Waals surface area contributed by atoms with Crippen LogP contribution in [-0.2, 0) is 0 Å². The van der Waals surface area contributed by atoms with Crippen LogP contribution in [0.25, 0.3) is 0 Å². The molecule has 1 heteroatoms. The number of hydrogen-bond acceptors (Lipinski definition) is 1. The third-order valence-corrected chi connectivity index (χ3v) is 3.98. The van der Waals surface area contributed by atoms with Gasteiger partial charge in [0.05, 0.1) is 0 Å². The van der Waals surface area contributed by atoms with E-state index in [1.807, 2.05) is 0 Å². The predicted octanol–water partition coefficient (Wildman–Crippen LogP) is 2.76. The van der Waals surface area contributed by atoms with Gasteiger partial charge in [-0.1, -0.05) is 20.8 Å². The summed E-state index contributed by atoms with van der Waals surface area (Å²) in [6.45, 7) is 8.20. The molecule has 2 rings (SSSR count). The molecule has 1 fully saturated rings. The second kappa shape index (κ2) is 2.58. The Bertz CT molecular complexity index is 209. The van der Waals surface area contributed by atoms with E-state index in [0.29, 0.717) is 5.41 Å². The quantitative estimate of drug-likeness (QED) is 0.523. The van der Waals surface area contributed by atoms with E-state index in [0.717, 1.165) is 24.3 Å². The van der Waals surface area contributed by atoms with Gasteiger partial charge < -0.3 is 0 Å². The molecular weight excluding hydrogens is 146 g/mol. The van der Waals surface area contributed by atoms with E-state index in [-0.39, 0.29) is 0 Å². The zero-order valence-corrected chi connectivity index (χ0v) is 8.38. The Hall–Kier alpha value is -0.330. The zero-order valence-electron chi connectivity index (χ0n) is 8.38. The van der Waals surface area contributed by atoms with Crippen LogP contribution in [0.4, 0.5) is 0 Å². The highest BCUT2D eigenvalue weighted by Gasteiger charge is 2.52. The van der Waals surface area contributed by atoms with Crippen LogP contribution in [0.1, 0.15) is 33.6 Å². The fourth-order valence-corrected chi connectivity index (χ4v) is 2.56. The molecule has 2 aliphatic rings. The molecule has 0 bridgehead atoms. The minimum absolute atomic E-state index is 0.480. The number of rotatable bonds is 0. The molecule has 1 saturated carbocycles. The summed E-state index contributed by atoms with van der Waals surface area (Å²) in [7, 11) is 0. The maximum Gasteiger partial charge on any atom is 0.0388 e. The third kappa shape index (κ3) is 1.19. The summed E-state index contributed by atoms with van der Waals surface area (Å²) >= 11 is 0. The average molecular weight is 165 g/mol. The van der Waals surface area contributed by atoms with Crippen molar-refractivity contribution in [1.82, 2.24) is 0 Å². The van der Waals surface area contributed by atoms with Crippen molar-refractivity contribution in [3.63, 3.8) is 0 Å². The van der Waals surface area contributed by atoms with Gasteiger partial charge in [-0.25, -0.2) is 0 Å². The van der Waals surface area contributed by atoms with Gasteiger partial charge in [-0.05, 0) is 30.6 Å². The first-order valence-electron chi connectivity index (χ1n) is 5.14. The van der Waals surface area contributed by atoms with Gasteiger partial charge in [0.2, 0.25) is 0 Å². The van der Waals surface area contributed by atoms with Crippen molar-refractivity contribution in [1.29, 1.82) is 0 Å². The highest BCUT2D eigenvalue weighted by atomic mass is 14.8. The van der Waals surface area contributed by atoms with Crippen LogP contribution in [0, 0.1) is 23.2 Å². The van der Waals surface area contributed by atoms with Crippen molar-refractivity contribution in [2.24, 2.45) is 28.2 Å². The van der Waals surface area contributed by atoms with E-state index in [4.69, 9.17) is 0 Å². The molecule has 1 heterocycles. The Morgan fingerprint density at radius 2 is 2.17 bits per heavy atom. The molecule has 0 aromatic carbocycles. The van der Waals surface area contributed by atoms with Crippen molar-refractivity contribution < 1.29 is 0 Å². The molecule has 0 aromatic rings. The lowest BCUT2D eigenvalue weighted by molar-refractivity contribution is 0.307. The fourth-order valence-electron chi connectivity index (χ4n) is 2.56. The van der Waals surface area contributed by atoms with Crippen molar-refractivity contribution in [2.45, 2.75) is 33.6 Å². The fraction of sp³-hybridized carbons (Fsp3) is 0.909. The van der Waals surface area contributed by atoms with Gasteiger partial charge in [-0.3, -0.25) is 4.99 Å². The third-order valence-electron chi connectivity index (χ3n) is 3.98. The van der Waals surface area contributed by atoms with Crippen LogP contribution in [0.5, 0.6) is 0 Å². The normalized spacial score (nSPS) is 55.1. The zero-order chi connectivity index (χ0) is 8.77. The lowest BCUT2D eigenvalue weighted by atomic mass is 9.85. The first-order chi connectivity index (χ1) is 5.63. The summed E-state index contributed by atoms with van der Waals surface area (Å²) in [6, 6.07) is 0.